The monoisotopic (exact) mass is 236 g/mol. The van der Waals surface area contributed by atoms with E-state index in [-0.39, 0.29) is 18.6 Å². The summed E-state index contributed by atoms with van der Waals surface area (Å²) in [6, 6.07) is 3.09. The second kappa shape index (κ2) is 4.62. The molecule has 0 radical (unpaired) electrons. The minimum atomic E-state index is -1.52. The van der Waals surface area contributed by atoms with Crippen LogP contribution in [0, 0.1) is 0 Å². The van der Waals surface area contributed by atoms with E-state index in [9.17, 15) is 9.90 Å². The third-order valence-corrected chi connectivity index (χ3v) is 2.53. The first kappa shape index (κ1) is 11.7. The number of aromatic amines is 1. The van der Waals surface area contributed by atoms with Crippen LogP contribution in [0.25, 0.3) is 10.9 Å². The Kier molecular flexibility index (Phi) is 3.19. The van der Waals surface area contributed by atoms with Crippen molar-refractivity contribution in [3.05, 3.63) is 39.9 Å². The van der Waals surface area contributed by atoms with E-state index in [1.165, 1.54) is 12.4 Å². The Morgan fingerprint density at radius 1 is 1.29 bits per heavy atom. The maximum Gasteiger partial charge on any atom is 0.258 e. The van der Waals surface area contributed by atoms with Gasteiger partial charge in [0.15, 0.2) is 6.29 Å². The van der Waals surface area contributed by atoms with E-state index in [2.05, 4.69) is 9.97 Å². The normalized spacial score (nSPS) is 11.3. The average Bonchev–Trinajstić information content (AvgIpc) is 2.29. The number of aliphatic hydroxyl groups excluding tert-OH is 2. The van der Waals surface area contributed by atoms with Crippen molar-refractivity contribution < 1.29 is 15.3 Å². The van der Waals surface area contributed by atoms with Crippen LogP contribution in [-0.2, 0) is 13.0 Å². The number of nitrogens with zero attached hydrogens (tertiary/aromatic N) is 1. The molecular weight excluding hydrogens is 224 g/mol. The van der Waals surface area contributed by atoms with Crippen LogP contribution >= 0.6 is 0 Å². The maximum atomic E-state index is 11.5. The van der Waals surface area contributed by atoms with Gasteiger partial charge in [0.1, 0.15) is 0 Å². The number of benzene rings is 1. The fourth-order valence-electron chi connectivity index (χ4n) is 1.74. The molecule has 0 aliphatic carbocycles. The number of aliphatic hydroxyl groups is 3. The second-order valence-corrected chi connectivity index (χ2v) is 3.71. The lowest BCUT2D eigenvalue weighted by molar-refractivity contribution is -0.0383. The van der Waals surface area contributed by atoms with Crippen LogP contribution < -0.4 is 5.56 Å². The molecule has 6 nitrogen and oxygen atoms in total. The van der Waals surface area contributed by atoms with Crippen LogP contribution in [0.15, 0.2) is 23.3 Å². The molecule has 4 N–H and O–H groups in total. The largest absolute Gasteiger partial charge is 0.392 e. The van der Waals surface area contributed by atoms with Crippen LogP contribution in [0.4, 0.5) is 0 Å². The van der Waals surface area contributed by atoms with Crippen molar-refractivity contribution in [1.29, 1.82) is 0 Å². The number of aromatic nitrogens is 2. The fourth-order valence-corrected chi connectivity index (χ4v) is 1.74. The molecule has 17 heavy (non-hydrogen) atoms. The number of fused-ring (bicyclic) bond motifs is 1. The van der Waals surface area contributed by atoms with Crippen LogP contribution in [0.3, 0.4) is 0 Å². The molecule has 2 rings (SSSR count). The molecule has 6 heteroatoms. The molecule has 0 aliphatic heterocycles. The highest BCUT2D eigenvalue weighted by Gasteiger charge is 2.10. The van der Waals surface area contributed by atoms with Gasteiger partial charge in [0.25, 0.3) is 5.56 Å². The second-order valence-electron chi connectivity index (χ2n) is 3.71. The van der Waals surface area contributed by atoms with E-state index in [0.717, 1.165) is 0 Å². The quantitative estimate of drug-likeness (QED) is 0.526. The fraction of sp³-hybridized carbons (Fsp3) is 0.273. The van der Waals surface area contributed by atoms with E-state index >= 15 is 0 Å². The number of rotatable bonds is 3. The summed E-state index contributed by atoms with van der Waals surface area (Å²) in [4.78, 5) is 18.0. The Balaban J connectivity index is 2.65. The Morgan fingerprint density at radius 3 is 2.71 bits per heavy atom. The van der Waals surface area contributed by atoms with Crippen LogP contribution in [0.2, 0.25) is 0 Å². The van der Waals surface area contributed by atoms with E-state index in [1.54, 1.807) is 6.07 Å². The summed E-state index contributed by atoms with van der Waals surface area (Å²) in [5, 5.41) is 27.4. The van der Waals surface area contributed by atoms with Gasteiger partial charge in [0.05, 0.1) is 23.8 Å². The highest BCUT2D eigenvalue weighted by atomic mass is 16.5. The van der Waals surface area contributed by atoms with Crippen molar-refractivity contribution in [3.8, 4) is 0 Å². The van der Waals surface area contributed by atoms with Crippen LogP contribution in [-0.4, -0.2) is 31.6 Å². The van der Waals surface area contributed by atoms with E-state index < -0.39 is 6.29 Å². The van der Waals surface area contributed by atoms with E-state index in [1.807, 2.05) is 0 Å². The summed E-state index contributed by atoms with van der Waals surface area (Å²) < 4.78 is 0. The van der Waals surface area contributed by atoms with Crippen LogP contribution in [0.1, 0.15) is 11.1 Å². The summed E-state index contributed by atoms with van der Waals surface area (Å²) >= 11 is 0. The topological polar surface area (TPSA) is 106 Å². The Labute approximate surface area is 96.2 Å². The van der Waals surface area contributed by atoms with Crippen molar-refractivity contribution in [2.45, 2.75) is 19.3 Å². The molecule has 1 heterocycles. The average molecular weight is 236 g/mol. The van der Waals surface area contributed by atoms with Gasteiger partial charge < -0.3 is 20.3 Å². The van der Waals surface area contributed by atoms with Crippen molar-refractivity contribution in [1.82, 2.24) is 9.97 Å². The van der Waals surface area contributed by atoms with Crippen molar-refractivity contribution in [2.24, 2.45) is 0 Å². The maximum absolute atomic E-state index is 11.5. The molecule has 0 bridgehead atoms. The van der Waals surface area contributed by atoms with E-state index in [4.69, 9.17) is 10.2 Å². The van der Waals surface area contributed by atoms with Crippen LogP contribution in [0.5, 0.6) is 0 Å². The van der Waals surface area contributed by atoms with Gasteiger partial charge in [-0.1, -0.05) is 0 Å². The summed E-state index contributed by atoms with van der Waals surface area (Å²) in [5.74, 6) is 0. The van der Waals surface area contributed by atoms with Gasteiger partial charge in [-0.25, -0.2) is 4.98 Å². The highest BCUT2D eigenvalue weighted by Crippen LogP contribution is 2.17. The zero-order chi connectivity index (χ0) is 12.4. The first-order valence-electron chi connectivity index (χ1n) is 5.08. The van der Waals surface area contributed by atoms with Gasteiger partial charge in [-0.2, -0.15) is 0 Å². The minimum absolute atomic E-state index is 0.0415. The molecule has 0 saturated heterocycles. The Morgan fingerprint density at radius 2 is 2.06 bits per heavy atom. The van der Waals surface area contributed by atoms with Gasteiger partial charge in [-0.05, 0) is 23.3 Å². The van der Waals surface area contributed by atoms with Gasteiger partial charge in [-0.3, -0.25) is 4.79 Å². The number of hydrogen-bond acceptors (Lipinski definition) is 5. The van der Waals surface area contributed by atoms with Gasteiger partial charge in [0, 0.05) is 6.42 Å². The molecule has 0 atom stereocenters. The lowest BCUT2D eigenvalue weighted by atomic mass is 10.0. The molecule has 0 spiro atoms. The standard InChI is InChI=1S/C11H12N2O4/c14-4-7-2-9-8(11(17)13-5-12-9)1-6(7)3-10(15)16/h1-2,5,10,14-16H,3-4H2,(H,12,13,17). The zero-order valence-electron chi connectivity index (χ0n) is 8.92. The molecule has 0 aliphatic rings. The molecule has 1 aromatic carbocycles. The lowest BCUT2D eigenvalue weighted by Crippen LogP contribution is -2.12. The molecule has 90 valence electrons. The first-order valence-corrected chi connectivity index (χ1v) is 5.08. The third-order valence-electron chi connectivity index (χ3n) is 2.53. The first-order chi connectivity index (χ1) is 8.11. The molecule has 0 unspecified atom stereocenters. The minimum Gasteiger partial charge on any atom is -0.392 e. The molecular formula is C11H12N2O4. The number of hydrogen-bond donors (Lipinski definition) is 4. The lowest BCUT2D eigenvalue weighted by Gasteiger charge is -2.09. The predicted molar refractivity (Wildman–Crippen MR) is 60.2 cm³/mol. The summed E-state index contributed by atoms with van der Waals surface area (Å²) in [7, 11) is 0. The number of nitrogens with one attached hydrogen (secondary N) is 1. The van der Waals surface area contributed by atoms with Crippen molar-refractivity contribution in [3.63, 3.8) is 0 Å². The van der Waals surface area contributed by atoms with Crippen molar-refractivity contribution >= 4 is 10.9 Å². The summed E-state index contributed by atoms with van der Waals surface area (Å²) in [5.41, 5.74) is 1.22. The third kappa shape index (κ3) is 2.33. The SMILES string of the molecule is O=c1[nH]cnc2cc(CO)c(CC(O)O)cc12. The van der Waals surface area contributed by atoms with Gasteiger partial charge in [-0.15, -0.1) is 0 Å². The molecule has 0 saturated carbocycles. The molecule has 0 amide bonds. The molecule has 1 aromatic heterocycles. The van der Waals surface area contributed by atoms with Gasteiger partial charge in [0.2, 0.25) is 0 Å². The Bertz CT molecular complexity index is 592. The molecule has 0 fully saturated rings. The van der Waals surface area contributed by atoms with E-state index in [0.29, 0.717) is 22.0 Å². The number of H-pyrrole nitrogens is 1. The smallest absolute Gasteiger partial charge is 0.258 e. The predicted octanol–water partition coefficient (Wildman–Crippen LogP) is -0.731. The highest BCUT2D eigenvalue weighted by molar-refractivity contribution is 5.79. The van der Waals surface area contributed by atoms with Gasteiger partial charge >= 0.3 is 0 Å². The molecule has 2 aromatic rings. The van der Waals surface area contributed by atoms with Crippen molar-refractivity contribution in [2.75, 3.05) is 0 Å². The summed E-state index contributed by atoms with van der Waals surface area (Å²) in [6.45, 7) is -0.244. The Hall–Kier alpha value is -1.76. The zero-order valence-corrected chi connectivity index (χ0v) is 8.92. The summed E-state index contributed by atoms with van der Waals surface area (Å²) in [6.07, 6.45) is -0.277.